The van der Waals surface area contributed by atoms with Crippen molar-refractivity contribution in [2.75, 3.05) is 6.61 Å². The Labute approximate surface area is 168 Å². The van der Waals surface area contributed by atoms with Crippen molar-refractivity contribution in [1.82, 2.24) is 4.98 Å². The first-order chi connectivity index (χ1) is 13.9. The minimum atomic E-state index is -1.14. The van der Waals surface area contributed by atoms with Crippen molar-refractivity contribution < 1.29 is 23.8 Å². The molecule has 0 atom stereocenters. The normalized spacial score (nSPS) is 10.9. The highest BCUT2D eigenvalue weighted by molar-refractivity contribution is 6.10. The van der Waals surface area contributed by atoms with Gasteiger partial charge >= 0.3 is 5.97 Å². The van der Waals surface area contributed by atoms with Crippen LogP contribution in [-0.4, -0.2) is 28.4 Å². The van der Waals surface area contributed by atoms with Crippen molar-refractivity contribution in [3.8, 4) is 5.75 Å². The van der Waals surface area contributed by atoms with Crippen LogP contribution in [0.5, 0.6) is 5.75 Å². The van der Waals surface area contributed by atoms with Gasteiger partial charge in [-0.05, 0) is 55.2 Å². The van der Waals surface area contributed by atoms with E-state index in [1.54, 1.807) is 24.4 Å². The van der Waals surface area contributed by atoms with Gasteiger partial charge in [0.15, 0.2) is 11.5 Å². The number of ether oxygens (including phenoxy) is 1. The molecule has 0 radical (unpaired) electrons. The molecule has 29 heavy (non-hydrogen) atoms. The van der Waals surface area contributed by atoms with Gasteiger partial charge in [0, 0.05) is 11.6 Å². The molecule has 3 rings (SSSR count). The number of ketones is 1. The maximum Gasteiger partial charge on any atom is 0.336 e. The molecule has 1 aromatic heterocycles. The van der Waals surface area contributed by atoms with Crippen LogP contribution in [0.4, 0.5) is 4.39 Å². The molecule has 3 aromatic rings. The molecule has 0 aliphatic rings. The van der Waals surface area contributed by atoms with E-state index in [0.29, 0.717) is 29.7 Å². The summed E-state index contributed by atoms with van der Waals surface area (Å²) >= 11 is 0. The van der Waals surface area contributed by atoms with Gasteiger partial charge in [-0.1, -0.05) is 25.5 Å². The van der Waals surface area contributed by atoms with Gasteiger partial charge in [0.25, 0.3) is 0 Å². The highest BCUT2D eigenvalue weighted by Crippen LogP contribution is 2.33. The van der Waals surface area contributed by atoms with Crippen LogP contribution in [0, 0.1) is 5.82 Å². The smallest absolute Gasteiger partial charge is 0.336 e. The first kappa shape index (κ1) is 20.5. The van der Waals surface area contributed by atoms with E-state index >= 15 is 0 Å². The summed E-state index contributed by atoms with van der Waals surface area (Å²) in [6, 6.07) is 9.21. The topological polar surface area (TPSA) is 76.5 Å². The lowest BCUT2D eigenvalue weighted by atomic mass is 9.98. The molecule has 150 valence electrons. The number of nitrogens with zero attached hydrogens (tertiary/aromatic N) is 1. The highest BCUT2D eigenvalue weighted by atomic mass is 19.1. The SMILES string of the molecule is CCCCOc1c(C(C)=O)cc(C(=O)O)c2cc(Cc3ccc(F)cc3)cnc12. The molecule has 0 fully saturated rings. The van der Waals surface area contributed by atoms with Crippen LogP contribution in [-0.2, 0) is 6.42 Å². The van der Waals surface area contributed by atoms with E-state index in [1.807, 2.05) is 6.92 Å². The number of aromatic carboxylic acids is 1. The van der Waals surface area contributed by atoms with Gasteiger partial charge in [-0.15, -0.1) is 0 Å². The Balaban J connectivity index is 2.12. The predicted molar refractivity (Wildman–Crippen MR) is 108 cm³/mol. The van der Waals surface area contributed by atoms with Gasteiger partial charge in [0.1, 0.15) is 11.3 Å². The standard InChI is InChI=1S/C23H22FNO4/c1-3-4-9-29-22-18(14(2)26)12-20(23(27)28)19-11-16(13-25-21(19)22)10-15-5-7-17(24)8-6-15/h5-8,11-13H,3-4,9-10H2,1-2H3,(H,27,28). The van der Waals surface area contributed by atoms with Crippen LogP contribution in [0.1, 0.15) is 58.5 Å². The number of carbonyl (C=O) groups excluding carboxylic acids is 1. The Hall–Kier alpha value is -3.28. The number of pyridine rings is 1. The number of hydrogen-bond donors (Lipinski definition) is 1. The summed E-state index contributed by atoms with van der Waals surface area (Å²) in [7, 11) is 0. The lowest BCUT2D eigenvalue weighted by Gasteiger charge is -2.15. The fourth-order valence-corrected chi connectivity index (χ4v) is 3.15. The summed E-state index contributed by atoms with van der Waals surface area (Å²) in [5, 5.41) is 10.1. The van der Waals surface area contributed by atoms with E-state index < -0.39 is 5.97 Å². The molecule has 0 spiro atoms. The number of halogens is 1. The Bertz CT molecular complexity index is 1060. The molecule has 1 heterocycles. The van der Waals surface area contributed by atoms with Gasteiger partial charge in [-0.25, -0.2) is 9.18 Å². The van der Waals surface area contributed by atoms with E-state index in [-0.39, 0.29) is 22.7 Å². The number of carbonyl (C=O) groups is 2. The molecular weight excluding hydrogens is 373 g/mol. The second-order valence-electron chi connectivity index (χ2n) is 6.91. The number of unbranched alkanes of at least 4 members (excludes halogenated alkanes) is 1. The van der Waals surface area contributed by atoms with Crippen molar-refractivity contribution in [2.45, 2.75) is 33.1 Å². The summed E-state index contributed by atoms with van der Waals surface area (Å²) in [6.07, 6.45) is 3.84. The quantitative estimate of drug-likeness (QED) is 0.427. The molecule has 0 unspecified atom stereocenters. The summed E-state index contributed by atoms with van der Waals surface area (Å²) in [5.74, 6) is -1.42. The minimum absolute atomic E-state index is 0.00139. The maximum absolute atomic E-state index is 13.1. The summed E-state index contributed by atoms with van der Waals surface area (Å²) in [5.41, 5.74) is 2.23. The van der Waals surface area contributed by atoms with Crippen molar-refractivity contribution in [1.29, 1.82) is 0 Å². The zero-order valence-corrected chi connectivity index (χ0v) is 16.4. The zero-order valence-electron chi connectivity index (χ0n) is 16.4. The average Bonchev–Trinajstić information content (AvgIpc) is 2.69. The fraction of sp³-hybridized carbons (Fsp3) is 0.261. The lowest BCUT2D eigenvalue weighted by molar-refractivity contribution is 0.0699. The summed E-state index contributed by atoms with van der Waals surface area (Å²) < 4.78 is 19.0. The number of fused-ring (bicyclic) bond motifs is 1. The number of carboxylic acid groups (broad SMARTS) is 1. The molecule has 0 aliphatic heterocycles. The zero-order chi connectivity index (χ0) is 21.0. The van der Waals surface area contributed by atoms with E-state index in [4.69, 9.17) is 4.74 Å². The monoisotopic (exact) mass is 395 g/mol. The van der Waals surface area contributed by atoms with Gasteiger partial charge in [-0.3, -0.25) is 9.78 Å². The molecule has 0 amide bonds. The molecule has 1 N–H and O–H groups in total. The van der Waals surface area contributed by atoms with Gasteiger partial charge < -0.3 is 9.84 Å². The Morgan fingerprint density at radius 3 is 2.45 bits per heavy atom. The van der Waals surface area contributed by atoms with Crippen LogP contribution in [0.2, 0.25) is 0 Å². The fourth-order valence-electron chi connectivity index (χ4n) is 3.15. The van der Waals surface area contributed by atoms with Gasteiger partial charge in [0.05, 0.1) is 17.7 Å². The van der Waals surface area contributed by atoms with Crippen LogP contribution in [0.25, 0.3) is 10.9 Å². The molecule has 0 aliphatic carbocycles. The van der Waals surface area contributed by atoms with E-state index in [9.17, 15) is 19.1 Å². The van der Waals surface area contributed by atoms with Crippen molar-refractivity contribution in [3.63, 3.8) is 0 Å². The van der Waals surface area contributed by atoms with E-state index in [2.05, 4.69) is 4.98 Å². The van der Waals surface area contributed by atoms with Crippen molar-refractivity contribution >= 4 is 22.7 Å². The minimum Gasteiger partial charge on any atom is -0.491 e. The van der Waals surface area contributed by atoms with Crippen LogP contribution in [0.15, 0.2) is 42.6 Å². The van der Waals surface area contributed by atoms with E-state index in [0.717, 1.165) is 24.0 Å². The second kappa shape index (κ2) is 8.82. The lowest BCUT2D eigenvalue weighted by Crippen LogP contribution is -2.08. The molecule has 6 heteroatoms. The largest absolute Gasteiger partial charge is 0.491 e. The van der Waals surface area contributed by atoms with Crippen LogP contribution >= 0.6 is 0 Å². The number of hydrogen-bond acceptors (Lipinski definition) is 4. The molecule has 2 aromatic carbocycles. The van der Waals surface area contributed by atoms with Crippen LogP contribution < -0.4 is 4.74 Å². The first-order valence-corrected chi connectivity index (χ1v) is 9.47. The highest BCUT2D eigenvalue weighted by Gasteiger charge is 2.21. The third kappa shape index (κ3) is 4.59. The molecule has 5 nitrogen and oxygen atoms in total. The van der Waals surface area contributed by atoms with E-state index in [1.165, 1.54) is 25.1 Å². The number of aromatic nitrogens is 1. The van der Waals surface area contributed by atoms with Gasteiger partial charge in [0.2, 0.25) is 0 Å². The summed E-state index contributed by atoms with van der Waals surface area (Å²) in [6.45, 7) is 3.82. The van der Waals surface area contributed by atoms with Crippen molar-refractivity contribution in [3.05, 3.63) is 70.7 Å². The Morgan fingerprint density at radius 1 is 1.10 bits per heavy atom. The third-order valence-corrected chi connectivity index (χ3v) is 4.66. The molecule has 0 saturated carbocycles. The number of carboxylic acids is 1. The molecule has 0 bridgehead atoms. The Kier molecular flexibility index (Phi) is 6.22. The first-order valence-electron chi connectivity index (χ1n) is 9.47. The maximum atomic E-state index is 13.1. The van der Waals surface area contributed by atoms with Gasteiger partial charge in [-0.2, -0.15) is 0 Å². The predicted octanol–water partition coefficient (Wildman–Crippen LogP) is 5.04. The Morgan fingerprint density at radius 2 is 1.83 bits per heavy atom. The summed E-state index contributed by atoms with van der Waals surface area (Å²) in [4.78, 5) is 28.4. The molecular formula is C23H22FNO4. The number of benzene rings is 2. The average molecular weight is 395 g/mol. The molecule has 0 saturated heterocycles. The van der Waals surface area contributed by atoms with Crippen LogP contribution in [0.3, 0.4) is 0 Å². The second-order valence-corrected chi connectivity index (χ2v) is 6.91. The third-order valence-electron chi connectivity index (χ3n) is 4.66. The van der Waals surface area contributed by atoms with Crippen molar-refractivity contribution in [2.24, 2.45) is 0 Å². The number of rotatable bonds is 8. The number of Topliss-reactive ketones (excluding diaryl/α,β-unsaturated/α-hetero) is 1.